The van der Waals surface area contributed by atoms with E-state index in [0.29, 0.717) is 16.5 Å². The van der Waals surface area contributed by atoms with Crippen LogP contribution in [0.15, 0.2) is 41.3 Å². The molecule has 7 heteroatoms. The number of nitrogens with two attached hydrogens (primary N) is 2. The lowest BCUT2D eigenvalue weighted by atomic mass is 9.98. The van der Waals surface area contributed by atoms with Gasteiger partial charge in [0.1, 0.15) is 5.82 Å². The molecule has 0 saturated carbocycles. The Bertz CT molecular complexity index is 927. The van der Waals surface area contributed by atoms with Gasteiger partial charge >= 0.3 is 5.97 Å². The predicted molar refractivity (Wildman–Crippen MR) is 92.5 cm³/mol. The standard InChI is InChI=1S/C16H14N4O2S/c1-23-12-4-2-3-9(15(21)22)13(12)8-5-6-11-10(7-8)14(17)20-16(18)19-11/h2-7H,1H3,(H,21,22)(H4,17,18,19,20). The zero-order valence-electron chi connectivity index (χ0n) is 12.3. The van der Waals surface area contributed by atoms with Gasteiger partial charge in [-0.05, 0) is 36.1 Å². The van der Waals surface area contributed by atoms with E-state index in [1.807, 2.05) is 18.4 Å². The summed E-state index contributed by atoms with van der Waals surface area (Å²) in [4.78, 5) is 20.5. The van der Waals surface area contributed by atoms with E-state index in [4.69, 9.17) is 11.5 Å². The first kappa shape index (κ1) is 15.1. The summed E-state index contributed by atoms with van der Waals surface area (Å²) in [6.45, 7) is 0. The number of rotatable bonds is 3. The Morgan fingerprint density at radius 1 is 1.17 bits per heavy atom. The summed E-state index contributed by atoms with van der Waals surface area (Å²) in [5.41, 5.74) is 13.8. The largest absolute Gasteiger partial charge is 0.478 e. The summed E-state index contributed by atoms with van der Waals surface area (Å²) in [5, 5.41) is 10.1. The van der Waals surface area contributed by atoms with Crippen LogP contribution in [0.3, 0.4) is 0 Å². The maximum Gasteiger partial charge on any atom is 0.336 e. The maximum atomic E-state index is 11.6. The van der Waals surface area contributed by atoms with Crippen molar-refractivity contribution in [2.75, 3.05) is 17.7 Å². The second-order valence-corrected chi connectivity index (χ2v) is 5.74. The van der Waals surface area contributed by atoms with Crippen molar-refractivity contribution in [2.45, 2.75) is 4.90 Å². The highest BCUT2D eigenvalue weighted by Crippen LogP contribution is 2.35. The molecule has 116 valence electrons. The van der Waals surface area contributed by atoms with E-state index < -0.39 is 5.97 Å². The third kappa shape index (κ3) is 2.66. The van der Waals surface area contributed by atoms with Gasteiger partial charge in [-0.2, -0.15) is 4.98 Å². The number of benzene rings is 2. The highest BCUT2D eigenvalue weighted by atomic mass is 32.2. The van der Waals surface area contributed by atoms with Crippen LogP contribution in [0.2, 0.25) is 0 Å². The number of nitrogen functional groups attached to an aromatic ring is 2. The van der Waals surface area contributed by atoms with Crippen LogP contribution >= 0.6 is 11.8 Å². The summed E-state index contributed by atoms with van der Waals surface area (Å²) < 4.78 is 0. The van der Waals surface area contributed by atoms with Gasteiger partial charge in [-0.25, -0.2) is 9.78 Å². The van der Waals surface area contributed by atoms with E-state index in [1.54, 1.807) is 24.3 Å². The van der Waals surface area contributed by atoms with Gasteiger partial charge in [-0.15, -0.1) is 11.8 Å². The smallest absolute Gasteiger partial charge is 0.336 e. The Balaban J connectivity index is 2.31. The van der Waals surface area contributed by atoms with Crippen LogP contribution in [0.4, 0.5) is 11.8 Å². The molecule has 0 fully saturated rings. The summed E-state index contributed by atoms with van der Waals surface area (Å²) in [7, 11) is 0. The van der Waals surface area contributed by atoms with Crippen molar-refractivity contribution in [3.63, 3.8) is 0 Å². The van der Waals surface area contributed by atoms with Crippen LogP contribution in [0.5, 0.6) is 0 Å². The van der Waals surface area contributed by atoms with E-state index in [1.165, 1.54) is 11.8 Å². The minimum absolute atomic E-state index is 0.110. The second-order valence-electron chi connectivity index (χ2n) is 4.89. The fraction of sp³-hybridized carbons (Fsp3) is 0.0625. The number of aromatic nitrogens is 2. The summed E-state index contributed by atoms with van der Waals surface area (Å²) in [6.07, 6.45) is 1.91. The van der Waals surface area contributed by atoms with E-state index in [9.17, 15) is 9.90 Å². The molecule has 0 atom stereocenters. The lowest BCUT2D eigenvalue weighted by Crippen LogP contribution is -2.02. The van der Waals surface area contributed by atoms with Gasteiger partial charge in [0.15, 0.2) is 0 Å². The van der Waals surface area contributed by atoms with Crippen LogP contribution in [-0.4, -0.2) is 27.3 Å². The summed E-state index contributed by atoms with van der Waals surface area (Å²) in [6, 6.07) is 10.6. The number of hydrogen-bond donors (Lipinski definition) is 3. The molecule has 0 aliphatic rings. The van der Waals surface area contributed by atoms with Crippen LogP contribution in [0, 0.1) is 0 Å². The normalized spacial score (nSPS) is 10.8. The summed E-state index contributed by atoms with van der Waals surface area (Å²) >= 11 is 1.49. The highest BCUT2D eigenvalue weighted by molar-refractivity contribution is 7.98. The van der Waals surface area contributed by atoms with Crippen molar-refractivity contribution in [1.29, 1.82) is 0 Å². The van der Waals surface area contributed by atoms with E-state index in [-0.39, 0.29) is 17.3 Å². The molecule has 23 heavy (non-hydrogen) atoms. The van der Waals surface area contributed by atoms with Gasteiger partial charge in [-0.1, -0.05) is 12.1 Å². The molecule has 3 rings (SSSR count). The lowest BCUT2D eigenvalue weighted by molar-refractivity contribution is 0.0697. The molecule has 0 saturated heterocycles. The number of anilines is 2. The molecule has 0 bridgehead atoms. The first-order valence-electron chi connectivity index (χ1n) is 6.74. The molecule has 0 aliphatic carbocycles. The third-order valence-electron chi connectivity index (χ3n) is 3.51. The Morgan fingerprint density at radius 2 is 1.96 bits per heavy atom. The SMILES string of the molecule is CSc1cccc(C(=O)O)c1-c1ccc2nc(N)nc(N)c2c1. The predicted octanol–water partition coefficient (Wildman–Crippen LogP) is 2.88. The van der Waals surface area contributed by atoms with E-state index >= 15 is 0 Å². The van der Waals surface area contributed by atoms with Crippen molar-refractivity contribution in [1.82, 2.24) is 9.97 Å². The quantitative estimate of drug-likeness (QED) is 0.634. The number of thioether (sulfide) groups is 1. The molecular formula is C16H14N4O2S. The molecule has 1 heterocycles. The van der Waals surface area contributed by atoms with Crippen LogP contribution < -0.4 is 11.5 Å². The van der Waals surface area contributed by atoms with Crippen LogP contribution in [-0.2, 0) is 0 Å². The molecule has 1 aromatic heterocycles. The minimum atomic E-state index is -0.975. The van der Waals surface area contributed by atoms with Crippen molar-refractivity contribution < 1.29 is 9.90 Å². The Labute approximate surface area is 136 Å². The summed E-state index contributed by atoms with van der Waals surface area (Å²) in [5.74, 6) is -0.594. The van der Waals surface area contributed by atoms with Gasteiger partial charge in [0.2, 0.25) is 5.95 Å². The number of carboxylic acids is 1. The number of hydrogen-bond acceptors (Lipinski definition) is 6. The number of nitrogens with zero attached hydrogens (tertiary/aromatic N) is 2. The molecule has 0 aliphatic heterocycles. The van der Waals surface area contributed by atoms with Crippen molar-refractivity contribution in [2.24, 2.45) is 0 Å². The van der Waals surface area contributed by atoms with Crippen molar-refractivity contribution in [3.8, 4) is 11.1 Å². The molecule has 6 nitrogen and oxygen atoms in total. The zero-order valence-corrected chi connectivity index (χ0v) is 13.1. The van der Waals surface area contributed by atoms with Gasteiger partial charge in [0.25, 0.3) is 0 Å². The fourth-order valence-electron chi connectivity index (χ4n) is 2.50. The average Bonchev–Trinajstić information content (AvgIpc) is 2.53. The lowest BCUT2D eigenvalue weighted by Gasteiger charge is -2.12. The topological polar surface area (TPSA) is 115 Å². The van der Waals surface area contributed by atoms with Crippen molar-refractivity contribution >= 4 is 40.4 Å². The molecular weight excluding hydrogens is 312 g/mol. The molecule has 0 unspecified atom stereocenters. The molecule has 2 aromatic carbocycles. The van der Waals surface area contributed by atoms with Crippen LogP contribution in [0.25, 0.3) is 22.0 Å². The maximum absolute atomic E-state index is 11.6. The first-order valence-corrected chi connectivity index (χ1v) is 7.97. The molecule has 0 radical (unpaired) electrons. The highest BCUT2D eigenvalue weighted by Gasteiger charge is 2.16. The van der Waals surface area contributed by atoms with Crippen LogP contribution in [0.1, 0.15) is 10.4 Å². The fourth-order valence-corrected chi connectivity index (χ4v) is 3.15. The Morgan fingerprint density at radius 3 is 2.65 bits per heavy atom. The van der Waals surface area contributed by atoms with E-state index in [0.717, 1.165) is 10.5 Å². The van der Waals surface area contributed by atoms with Crippen molar-refractivity contribution in [3.05, 3.63) is 42.0 Å². The number of fused-ring (bicyclic) bond motifs is 1. The first-order chi connectivity index (χ1) is 11.0. The number of carbonyl (C=O) groups is 1. The van der Waals surface area contributed by atoms with Gasteiger partial charge in [-0.3, -0.25) is 0 Å². The average molecular weight is 326 g/mol. The van der Waals surface area contributed by atoms with Gasteiger partial charge in [0.05, 0.1) is 11.1 Å². The second kappa shape index (κ2) is 5.77. The monoisotopic (exact) mass is 326 g/mol. The number of aromatic carboxylic acids is 1. The van der Waals surface area contributed by atoms with E-state index in [2.05, 4.69) is 9.97 Å². The zero-order chi connectivity index (χ0) is 16.6. The number of carboxylic acid groups (broad SMARTS) is 1. The Hall–Kier alpha value is -2.80. The van der Waals surface area contributed by atoms with Gasteiger partial charge < -0.3 is 16.6 Å². The molecule has 3 aromatic rings. The Kier molecular flexibility index (Phi) is 3.79. The minimum Gasteiger partial charge on any atom is -0.478 e. The molecule has 5 N–H and O–H groups in total. The molecule has 0 spiro atoms. The third-order valence-corrected chi connectivity index (χ3v) is 4.29. The van der Waals surface area contributed by atoms with Gasteiger partial charge in [0, 0.05) is 15.8 Å². The molecule has 0 amide bonds.